The third kappa shape index (κ3) is 4.36. The van der Waals surface area contributed by atoms with Crippen LogP contribution in [0.1, 0.15) is 43.0 Å². The molecule has 1 atom stereocenters. The smallest absolute Gasteiger partial charge is 0.338 e. The van der Waals surface area contributed by atoms with Crippen LogP contribution < -0.4 is 4.72 Å². The molecular formula is C17H21ClN2O5S. The van der Waals surface area contributed by atoms with Crippen molar-refractivity contribution >= 4 is 33.5 Å². The first kappa shape index (κ1) is 19.1. The first-order chi connectivity index (χ1) is 12.3. The van der Waals surface area contributed by atoms with Crippen LogP contribution in [0, 0.1) is 0 Å². The molecule has 142 valence electrons. The molecule has 1 aliphatic carbocycles. The predicted octanol–water partition coefficient (Wildman–Crippen LogP) is 1.95. The molecule has 1 N–H and O–H groups in total. The number of ether oxygens (including phenoxy) is 1. The lowest BCUT2D eigenvalue weighted by molar-refractivity contribution is -0.138. The maximum atomic E-state index is 12.4. The molecule has 1 aromatic carbocycles. The Balaban J connectivity index is 1.73. The number of sulfonamides is 1. The van der Waals surface area contributed by atoms with Gasteiger partial charge in [-0.05, 0) is 50.8 Å². The van der Waals surface area contributed by atoms with Crippen LogP contribution in [-0.2, 0) is 19.6 Å². The van der Waals surface area contributed by atoms with Gasteiger partial charge in [-0.25, -0.2) is 17.9 Å². The third-order valence-electron chi connectivity index (χ3n) is 4.40. The number of likely N-dealkylation sites (tertiary alicyclic amines) is 1. The van der Waals surface area contributed by atoms with Gasteiger partial charge in [0.1, 0.15) is 4.90 Å². The van der Waals surface area contributed by atoms with E-state index in [9.17, 15) is 18.0 Å². The Kier molecular flexibility index (Phi) is 5.55. The molecule has 1 aromatic rings. The lowest BCUT2D eigenvalue weighted by atomic mass is 10.2. The quantitative estimate of drug-likeness (QED) is 0.737. The minimum atomic E-state index is -3.81. The summed E-state index contributed by atoms with van der Waals surface area (Å²) in [5.41, 5.74) is 0.0339. The fraction of sp³-hybridized carbons (Fsp3) is 0.529. The number of carbonyl (C=O) groups is 2. The second-order valence-corrected chi connectivity index (χ2v) is 8.71. The zero-order valence-electron chi connectivity index (χ0n) is 14.4. The highest BCUT2D eigenvalue weighted by Gasteiger charge is 2.30. The van der Waals surface area contributed by atoms with E-state index in [1.54, 1.807) is 4.90 Å². The molecule has 9 heteroatoms. The number of carbonyl (C=O) groups excluding carboxylic acids is 2. The van der Waals surface area contributed by atoms with Gasteiger partial charge < -0.3 is 9.64 Å². The number of benzene rings is 1. The Morgan fingerprint density at radius 2 is 1.92 bits per heavy atom. The van der Waals surface area contributed by atoms with Crippen LogP contribution in [0.4, 0.5) is 0 Å². The lowest BCUT2D eigenvalue weighted by Crippen LogP contribution is -2.38. The molecule has 26 heavy (non-hydrogen) atoms. The second-order valence-electron chi connectivity index (χ2n) is 6.62. The van der Waals surface area contributed by atoms with Crippen molar-refractivity contribution in [3.8, 4) is 0 Å². The van der Waals surface area contributed by atoms with Gasteiger partial charge in [-0.3, -0.25) is 4.79 Å². The second kappa shape index (κ2) is 7.54. The Morgan fingerprint density at radius 3 is 2.54 bits per heavy atom. The molecule has 2 fully saturated rings. The summed E-state index contributed by atoms with van der Waals surface area (Å²) < 4.78 is 32.5. The highest BCUT2D eigenvalue weighted by molar-refractivity contribution is 7.89. The summed E-state index contributed by atoms with van der Waals surface area (Å²) in [6.45, 7) is 2.84. The SMILES string of the molecule is C[C@@H](OC(=O)c1ccc(Cl)c(S(=O)(=O)NC2CC2)c1)C(=O)N1CCCC1. The number of nitrogens with one attached hydrogen (secondary N) is 1. The van der Waals surface area contributed by atoms with Crippen molar-refractivity contribution in [3.05, 3.63) is 28.8 Å². The van der Waals surface area contributed by atoms with Crippen LogP contribution in [0.15, 0.2) is 23.1 Å². The zero-order valence-corrected chi connectivity index (χ0v) is 16.0. The first-order valence-electron chi connectivity index (χ1n) is 8.59. The molecule has 7 nitrogen and oxygen atoms in total. The number of hydrogen-bond donors (Lipinski definition) is 1. The van der Waals surface area contributed by atoms with Crippen LogP contribution in [0.2, 0.25) is 5.02 Å². The largest absolute Gasteiger partial charge is 0.449 e. The number of amides is 1. The van der Waals surface area contributed by atoms with Gasteiger partial charge in [0, 0.05) is 19.1 Å². The van der Waals surface area contributed by atoms with Crippen LogP contribution in [0.3, 0.4) is 0 Å². The number of hydrogen-bond acceptors (Lipinski definition) is 5. The Morgan fingerprint density at radius 1 is 1.27 bits per heavy atom. The minimum absolute atomic E-state index is 0.0240. The zero-order chi connectivity index (χ0) is 18.9. The van der Waals surface area contributed by atoms with Gasteiger partial charge in [0.05, 0.1) is 10.6 Å². The predicted molar refractivity (Wildman–Crippen MR) is 95.5 cm³/mol. The molecule has 1 saturated heterocycles. The van der Waals surface area contributed by atoms with Gasteiger partial charge in [0.15, 0.2) is 6.10 Å². The van der Waals surface area contributed by atoms with E-state index in [-0.39, 0.29) is 27.4 Å². The molecule has 1 saturated carbocycles. The molecule has 3 rings (SSSR count). The van der Waals surface area contributed by atoms with Gasteiger partial charge >= 0.3 is 5.97 Å². The van der Waals surface area contributed by atoms with E-state index in [0.717, 1.165) is 25.7 Å². The maximum Gasteiger partial charge on any atom is 0.338 e. The molecule has 0 spiro atoms. The van der Waals surface area contributed by atoms with E-state index in [2.05, 4.69) is 4.72 Å². The summed E-state index contributed by atoms with van der Waals surface area (Å²) in [4.78, 5) is 26.1. The Hall–Kier alpha value is -1.64. The number of rotatable bonds is 6. The minimum Gasteiger partial charge on any atom is -0.449 e. The van der Waals surface area contributed by atoms with Crippen molar-refractivity contribution < 1.29 is 22.7 Å². The van der Waals surface area contributed by atoms with Gasteiger partial charge in [-0.15, -0.1) is 0 Å². The van der Waals surface area contributed by atoms with E-state index in [0.29, 0.717) is 13.1 Å². The molecule has 2 aliphatic rings. The number of halogens is 1. The van der Waals surface area contributed by atoms with Gasteiger partial charge in [0.2, 0.25) is 10.0 Å². The van der Waals surface area contributed by atoms with E-state index in [4.69, 9.17) is 16.3 Å². The molecule has 1 heterocycles. The molecule has 0 aromatic heterocycles. The summed E-state index contributed by atoms with van der Waals surface area (Å²) in [7, 11) is -3.81. The van der Waals surface area contributed by atoms with Crippen molar-refractivity contribution in [1.29, 1.82) is 0 Å². The molecule has 1 amide bonds. The van der Waals surface area contributed by atoms with Crippen LogP contribution in [0.25, 0.3) is 0 Å². The third-order valence-corrected chi connectivity index (χ3v) is 6.41. The highest BCUT2D eigenvalue weighted by atomic mass is 35.5. The van der Waals surface area contributed by atoms with Crippen LogP contribution in [-0.4, -0.2) is 50.4 Å². The van der Waals surface area contributed by atoms with Crippen molar-refractivity contribution in [2.45, 2.75) is 49.6 Å². The molecule has 0 bridgehead atoms. The van der Waals surface area contributed by atoms with Crippen molar-refractivity contribution in [2.24, 2.45) is 0 Å². The van der Waals surface area contributed by atoms with E-state index >= 15 is 0 Å². The van der Waals surface area contributed by atoms with Crippen LogP contribution >= 0.6 is 11.6 Å². The Bertz CT molecular complexity index is 816. The maximum absolute atomic E-state index is 12.4. The normalized spacial score (nSPS) is 18.6. The van der Waals surface area contributed by atoms with E-state index in [1.807, 2.05) is 0 Å². The summed E-state index contributed by atoms with van der Waals surface area (Å²) in [5, 5.41) is 0.0240. The number of nitrogens with zero attached hydrogens (tertiary/aromatic N) is 1. The van der Waals surface area contributed by atoms with Gasteiger partial charge in [-0.1, -0.05) is 11.6 Å². The van der Waals surface area contributed by atoms with Gasteiger partial charge in [-0.2, -0.15) is 0 Å². The molecule has 0 unspecified atom stereocenters. The van der Waals surface area contributed by atoms with E-state index in [1.165, 1.54) is 25.1 Å². The fourth-order valence-corrected chi connectivity index (χ4v) is 4.62. The molecular weight excluding hydrogens is 380 g/mol. The first-order valence-corrected chi connectivity index (χ1v) is 10.5. The monoisotopic (exact) mass is 400 g/mol. The summed E-state index contributed by atoms with van der Waals surface area (Å²) >= 11 is 6.00. The van der Waals surface area contributed by atoms with Crippen LogP contribution in [0.5, 0.6) is 0 Å². The van der Waals surface area contributed by atoms with E-state index < -0.39 is 22.1 Å². The van der Waals surface area contributed by atoms with Gasteiger partial charge in [0.25, 0.3) is 5.91 Å². The summed E-state index contributed by atoms with van der Waals surface area (Å²) in [5.74, 6) is -1.00. The van der Waals surface area contributed by atoms with Crippen molar-refractivity contribution in [3.63, 3.8) is 0 Å². The fourth-order valence-electron chi connectivity index (χ4n) is 2.79. The molecule has 1 aliphatic heterocycles. The lowest BCUT2D eigenvalue weighted by Gasteiger charge is -2.20. The topological polar surface area (TPSA) is 92.8 Å². The number of esters is 1. The average molecular weight is 401 g/mol. The Labute approximate surface area is 157 Å². The summed E-state index contributed by atoms with van der Waals surface area (Å²) in [6, 6.07) is 3.83. The van der Waals surface area contributed by atoms with Crippen molar-refractivity contribution in [2.75, 3.05) is 13.1 Å². The van der Waals surface area contributed by atoms with Crippen molar-refractivity contribution in [1.82, 2.24) is 9.62 Å². The summed E-state index contributed by atoms with van der Waals surface area (Å²) in [6.07, 6.45) is 2.53. The molecule has 0 radical (unpaired) electrons. The average Bonchev–Trinajstić information content (AvgIpc) is 3.22. The highest BCUT2D eigenvalue weighted by Crippen LogP contribution is 2.27. The standard InChI is InChI=1S/C17H21ClN2O5S/c1-11(16(21)20-8-2-3-9-20)25-17(22)12-4-7-14(18)15(10-12)26(23,24)19-13-5-6-13/h4,7,10-11,13,19H,2-3,5-6,8-9H2,1H3/t11-/m1/s1.